The van der Waals surface area contributed by atoms with Crippen LogP contribution >= 0.6 is 7.37 Å². The summed E-state index contributed by atoms with van der Waals surface area (Å²) in [5.41, 5.74) is 0. The molecule has 0 bridgehead atoms. The van der Waals surface area contributed by atoms with E-state index >= 15 is 0 Å². The highest BCUT2D eigenvalue weighted by atomic mass is 31.2. The second kappa shape index (κ2) is 3.40. The molecule has 1 aromatic rings. The molecule has 0 fully saturated rings. The van der Waals surface area contributed by atoms with E-state index in [9.17, 15) is 14.6 Å². The highest BCUT2D eigenvalue weighted by molar-refractivity contribution is 7.66. The van der Waals surface area contributed by atoms with Crippen LogP contribution in [0.2, 0.25) is 0 Å². The van der Waals surface area contributed by atoms with Crippen LogP contribution in [-0.2, 0) is 4.57 Å². The quantitative estimate of drug-likeness (QED) is 0.494. The maximum absolute atomic E-state index is 11.4. The van der Waals surface area contributed by atoms with Crippen LogP contribution in [0.25, 0.3) is 0 Å². The summed E-state index contributed by atoms with van der Waals surface area (Å²) in [6.45, 7) is 1.55. The van der Waals surface area contributed by atoms with E-state index in [-0.39, 0.29) is 23.0 Å². The van der Waals surface area contributed by atoms with Gasteiger partial charge in [-0.25, -0.2) is 0 Å². The van der Waals surface area contributed by atoms with Gasteiger partial charge in [-0.1, -0.05) is 6.92 Å². The largest absolute Gasteiger partial charge is 0.508 e. The predicted octanol–water partition coefficient (Wildman–Crippen LogP) is 1.01. The van der Waals surface area contributed by atoms with Gasteiger partial charge in [-0.3, -0.25) is 4.57 Å². The van der Waals surface area contributed by atoms with Gasteiger partial charge >= 0.3 is 0 Å². The summed E-state index contributed by atoms with van der Waals surface area (Å²) in [7, 11) is -3.50. The number of hydrogen-bond acceptors (Lipinski definition) is 3. The van der Waals surface area contributed by atoms with Crippen LogP contribution in [0, 0.1) is 0 Å². The Hall–Kier alpha value is -0.990. The number of aromatic hydroxyl groups is 2. The molecule has 0 amide bonds. The fourth-order valence-electron chi connectivity index (χ4n) is 0.962. The van der Waals surface area contributed by atoms with Crippen molar-refractivity contribution in [2.45, 2.75) is 6.92 Å². The van der Waals surface area contributed by atoms with Crippen LogP contribution in [0.15, 0.2) is 18.2 Å². The van der Waals surface area contributed by atoms with E-state index in [0.717, 1.165) is 6.07 Å². The summed E-state index contributed by atoms with van der Waals surface area (Å²) in [4.78, 5) is 9.38. The maximum Gasteiger partial charge on any atom is 0.233 e. The topological polar surface area (TPSA) is 77.8 Å². The normalized spacial score (nSPS) is 15.2. The Labute approximate surface area is 75.9 Å². The monoisotopic (exact) mass is 202 g/mol. The molecule has 0 radical (unpaired) electrons. The first kappa shape index (κ1) is 10.1. The minimum Gasteiger partial charge on any atom is -0.508 e. The maximum atomic E-state index is 11.4. The first-order chi connectivity index (χ1) is 5.97. The van der Waals surface area contributed by atoms with Gasteiger partial charge < -0.3 is 15.1 Å². The van der Waals surface area contributed by atoms with E-state index in [1.807, 2.05) is 0 Å². The van der Waals surface area contributed by atoms with Crippen molar-refractivity contribution in [2.24, 2.45) is 0 Å². The molecule has 0 saturated carbocycles. The van der Waals surface area contributed by atoms with Crippen LogP contribution < -0.4 is 5.30 Å². The van der Waals surface area contributed by atoms with Gasteiger partial charge in [0.25, 0.3) is 0 Å². The molecule has 0 heterocycles. The second-order valence-electron chi connectivity index (χ2n) is 2.69. The summed E-state index contributed by atoms with van der Waals surface area (Å²) in [5.74, 6) is -0.388. The lowest BCUT2D eigenvalue weighted by Crippen LogP contribution is -2.06. The van der Waals surface area contributed by atoms with E-state index in [1.54, 1.807) is 6.92 Å². The molecule has 13 heavy (non-hydrogen) atoms. The Bertz CT molecular complexity index is 361. The van der Waals surface area contributed by atoms with Gasteiger partial charge in [-0.2, -0.15) is 0 Å². The van der Waals surface area contributed by atoms with Crippen LogP contribution in [0.4, 0.5) is 0 Å². The average Bonchev–Trinajstić information content (AvgIpc) is 2.09. The van der Waals surface area contributed by atoms with Crippen molar-refractivity contribution in [3.8, 4) is 11.5 Å². The number of phenolic OH excluding ortho intramolecular Hbond substituents is 2. The second-order valence-corrected chi connectivity index (χ2v) is 5.21. The molecule has 5 heteroatoms. The molecule has 0 spiro atoms. The van der Waals surface area contributed by atoms with E-state index in [2.05, 4.69) is 0 Å². The zero-order valence-electron chi connectivity index (χ0n) is 7.14. The van der Waals surface area contributed by atoms with Crippen molar-refractivity contribution in [1.82, 2.24) is 0 Å². The van der Waals surface area contributed by atoms with Crippen LogP contribution in [-0.4, -0.2) is 21.3 Å². The molecule has 0 aliphatic carbocycles. The van der Waals surface area contributed by atoms with Gasteiger partial charge in [0, 0.05) is 6.16 Å². The number of benzene rings is 1. The van der Waals surface area contributed by atoms with Crippen molar-refractivity contribution in [3.05, 3.63) is 18.2 Å². The molecule has 1 unspecified atom stereocenters. The highest BCUT2D eigenvalue weighted by Gasteiger charge is 2.22. The smallest absolute Gasteiger partial charge is 0.233 e. The zero-order chi connectivity index (χ0) is 10.1. The fraction of sp³-hybridized carbons (Fsp3) is 0.250. The van der Waals surface area contributed by atoms with Crippen molar-refractivity contribution in [2.75, 3.05) is 6.16 Å². The van der Waals surface area contributed by atoms with Gasteiger partial charge in [0.2, 0.25) is 7.37 Å². The average molecular weight is 202 g/mol. The third-order valence-corrected chi connectivity index (χ3v) is 3.73. The first-order valence-electron chi connectivity index (χ1n) is 3.81. The molecule has 1 aromatic carbocycles. The Morgan fingerprint density at radius 2 is 2.00 bits per heavy atom. The predicted molar refractivity (Wildman–Crippen MR) is 49.8 cm³/mol. The van der Waals surface area contributed by atoms with Crippen molar-refractivity contribution >= 4 is 12.7 Å². The first-order valence-corrected chi connectivity index (χ1v) is 5.66. The van der Waals surface area contributed by atoms with Gasteiger partial charge in [0.05, 0.1) is 5.30 Å². The van der Waals surface area contributed by atoms with Gasteiger partial charge in [-0.05, 0) is 18.2 Å². The van der Waals surface area contributed by atoms with Gasteiger partial charge in [0.1, 0.15) is 11.5 Å². The molecule has 1 atom stereocenters. The molecule has 0 aliphatic heterocycles. The Morgan fingerprint density at radius 1 is 1.38 bits per heavy atom. The lowest BCUT2D eigenvalue weighted by molar-refractivity contribution is 0.457. The zero-order valence-corrected chi connectivity index (χ0v) is 8.03. The van der Waals surface area contributed by atoms with Crippen molar-refractivity contribution in [3.63, 3.8) is 0 Å². The lowest BCUT2D eigenvalue weighted by atomic mass is 10.3. The Balaban J connectivity index is 3.29. The summed E-state index contributed by atoms with van der Waals surface area (Å²) in [6.07, 6.45) is 0.0318. The van der Waals surface area contributed by atoms with Crippen LogP contribution in [0.3, 0.4) is 0 Å². The minimum atomic E-state index is -3.50. The van der Waals surface area contributed by atoms with Crippen molar-refractivity contribution < 1.29 is 19.7 Å². The minimum absolute atomic E-state index is 0.0318. The van der Waals surface area contributed by atoms with E-state index in [4.69, 9.17) is 5.11 Å². The number of rotatable bonds is 2. The SMILES string of the molecule is CCP(=O)(O)c1cc(O)ccc1O. The molecule has 3 N–H and O–H groups in total. The summed E-state index contributed by atoms with van der Waals surface area (Å²) < 4.78 is 11.4. The Morgan fingerprint density at radius 3 is 2.54 bits per heavy atom. The number of hydrogen-bond donors (Lipinski definition) is 3. The molecule has 1 rings (SSSR count). The van der Waals surface area contributed by atoms with E-state index in [0.29, 0.717) is 0 Å². The number of phenols is 2. The third kappa shape index (κ3) is 2.02. The molecular formula is C8H11O4P. The van der Waals surface area contributed by atoms with Crippen LogP contribution in [0.5, 0.6) is 11.5 Å². The lowest BCUT2D eigenvalue weighted by Gasteiger charge is -2.10. The van der Waals surface area contributed by atoms with Crippen molar-refractivity contribution in [1.29, 1.82) is 0 Å². The van der Waals surface area contributed by atoms with Crippen LogP contribution in [0.1, 0.15) is 6.92 Å². The molecular weight excluding hydrogens is 191 g/mol. The Kier molecular flexibility index (Phi) is 2.64. The molecule has 0 saturated heterocycles. The third-order valence-electron chi connectivity index (χ3n) is 1.76. The highest BCUT2D eigenvalue weighted by Crippen LogP contribution is 2.42. The van der Waals surface area contributed by atoms with E-state index < -0.39 is 7.37 Å². The summed E-state index contributed by atoms with van der Waals surface area (Å²) in [6, 6.07) is 3.57. The molecule has 0 aromatic heterocycles. The molecule has 4 nitrogen and oxygen atoms in total. The fourth-order valence-corrected chi connectivity index (χ4v) is 2.07. The summed E-state index contributed by atoms with van der Waals surface area (Å²) in [5, 5.41) is 18.2. The summed E-state index contributed by atoms with van der Waals surface area (Å²) >= 11 is 0. The van der Waals surface area contributed by atoms with E-state index in [1.165, 1.54) is 12.1 Å². The molecule has 72 valence electrons. The van der Waals surface area contributed by atoms with Gasteiger partial charge in [0.15, 0.2) is 0 Å². The van der Waals surface area contributed by atoms with Gasteiger partial charge in [-0.15, -0.1) is 0 Å². The molecule has 0 aliphatic rings. The standard InChI is InChI=1S/C8H11O4P/c1-2-13(11,12)8-5-6(9)3-4-7(8)10/h3-5,9-10H,2H2,1H3,(H,11,12).